The summed E-state index contributed by atoms with van der Waals surface area (Å²) in [6.07, 6.45) is 0.204. The minimum atomic E-state index is -3.58. The van der Waals surface area contributed by atoms with E-state index in [-0.39, 0.29) is 12.5 Å². The van der Waals surface area contributed by atoms with E-state index in [9.17, 15) is 13.2 Å². The largest absolute Gasteiger partial charge is 0.481 e. The number of sulfonamides is 1. The normalized spacial score (nSPS) is 13.4. The van der Waals surface area contributed by atoms with Gasteiger partial charge in [-0.2, -0.15) is 0 Å². The first-order valence-corrected chi connectivity index (χ1v) is 7.72. The Balaban J connectivity index is 2.77. The molecule has 0 unspecified atom stereocenters. The fourth-order valence-corrected chi connectivity index (χ4v) is 3.39. The number of nitrogens with one attached hydrogen (secondary N) is 1. The van der Waals surface area contributed by atoms with Crippen molar-refractivity contribution in [3.05, 3.63) is 35.9 Å². The second kappa shape index (κ2) is 6.68. The van der Waals surface area contributed by atoms with Crippen molar-refractivity contribution in [3.63, 3.8) is 0 Å². The Morgan fingerprint density at radius 1 is 1.26 bits per heavy atom. The minimum absolute atomic E-state index is 0.204. The van der Waals surface area contributed by atoms with Crippen molar-refractivity contribution in [1.82, 2.24) is 4.72 Å². The Morgan fingerprint density at radius 2 is 1.84 bits per heavy atom. The smallest absolute Gasteiger partial charge is 0.307 e. The molecule has 5 nitrogen and oxygen atoms in total. The highest BCUT2D eigenvalue weighted by Gasteiger charge is 2.25. The molecule has 1 aromatic carbocycles. The summed E-state index contributed by atoms with van der Waals surface area (Å²) in [6, 6.07) is 8.77. The monoisotopic (exact) mass is 285 g/mol. The Labute approximate surface area is 113 Å². The molecule has 0 heterocycles. The van der Waals surface area contributed by atoms with Crippen LogP contribution in [0, 0.1) is 5.92 Å². The molecule has 0 aliphatic carbocycles. The molecule has 0 radical (unpaired) electrons. The van der Waals surface area contributed by atoms with E-state index < -0.39 is 27.7 Å². The molecular formula is C13H19NO4S. The zero-order valence-corrected chi connectivity index (χ0v) is 11.9. The summed E-state index contributed by atoms with van der Waals surface area (Å²) in [7, 11) is -3.58. The van der Waals surface area contributed by atoms with Crippen LogP contribution >= 0.6 is 0 Å². The third kappa shape index (κ3) is 5.85. The molecule has 0 saturated carbocycles. The lowest BCUT2D eigenvalue weighted by Crippen LogP contribution is -2.37. The third-order valence-electron chi connectivity index (χ3n) is 2.51. The van der Waals surface area contributed by atoms with Crippen LogP contribution < -0.4 is 4.72 Å². The molecular weight excluding hydrogens is 266 g/mol. The molecule has 0 bridgehead atoms. The van der Waals surface area contributed by atoms with Crippen molar-refractivity contribution in [1.29, 1.82) is 0 Å². The zero-order chi connectivity index (χ0) is 14.5. The predicted molar refractivity (Wildman–Crippen MR) is 73.3 cm³/mol. The average molecular weight is 285 g/mol. The number of benzene rings is 1. The fourth-order valence-electron chi connectivity index (χ4n) is 1.79. The molecule has 0 aliphatic heterocycles. The van der Waals surface area contributed by atoms with Crippen LogP contribution in [-0.4, -0.2) is 31.3 Å². The molecule has 1 atom stereocenters. The van der Waals surface area contributed by atoms with E-state index in [4.69, 9.17) is 5.11 Å². The molecule has 0 aliphatic rings. The number of carbonyl (C=O) groups is 1. The van der Waals surface area contributed by atoms with Gasteiger partial charge in [-0.15, -0.1) is 0 Å². The molecule has 0 aromatic heterocycles. The summed E-state index contributed by atoms with van der Waals surface area (Å²) >= 11 is 0. The highest BCUT2D eigenvalue weighted by atomic mass is 32.2. The van der Waals surface area contributed by atoms with Crippen LogP contribution in [0.4, 0.5) is 0 Å². The molecule has 1 rings (SSSR count). The van der Waals surface area contributed by atoms with Crippen molar-refractivity contribution in [3.8, 4) is 0 Å². The van der Waals surface area contributed by atoms with E-state index >= 15 is 0 Å². The lowest BCUT2D eigenvalue weighted by Gasteiger charge is -2.15. The van der Waals surface area contributed by atoms with Crippen LogP contribution in [0.3, 0.4) is 0 Å². The summed E-state index contributed by atoms with van der Waals surface area (Å²) in [5, 5.41) is 9.14. The lowest BCUT2D eigenvalue weighted by molar-refractivity contribution is -0.140. The molecule has 19 heavy (non-hydrogen) atoms. The van der Waals surface area contributed by atoms with Crippen molar-refractivity contribution in [2.24, 2.45) is 5.92 Å². The molecule has 1 aromatic rings. The Kier molecular flexibility index (Phi) is 5.50. The van der Waals surface area contributed by atoms with Gasteiger partial charge in [0.15, 0.2) is 0 Å². The third-order valence-corrected chi connectivity index (χ3v) is 4.18. The quantitative estimate of drug-likeness (QED) is 0.790. The highest BCUT2D eigenvalue weighted by molar-refractivity contribution is 7.89. The molecule has 0 saturated heterocycles. The molecule has 0 spiro atoms. The number of hydrogen-bond acceptors (Lipinski definition) is 3. The van der Waals surface area contributed by atoms with E-state index in [0.29, 0.717) is 0 Å². The molecule has 0 fully saturated rings. The SMILES string of the molecule is CC(C)NS(=O)(=O)C[C@@H](Cc1ccccc1)C(=O)O. The Bertz CT molecular complexity index is 511. The van der Waals surface area contributed by atoms with E-state index in [1.807, 2.05) is 6.07 Å². The van der Waals surface area contributed by atoms with Crippen molar-refractivity contribution >= 4 is 16.0 Å². The van der Waals surface area contributed by atoms with Gasteiger partial charge in [-0.1, -0.05) is 30.3 Å². The number of hydrogen-bond donors (Lipinski definition) is 2. The van der Waals surface area contributed by atoms with Gasteiger partial charge in [0.2, 0.25) is 10.0 Å². The molecule has 0 amide bonds. The van der Waals surface area contributed by atoms with Gasteiger partial charge in [-0.05, 0) is 25.8 Å². The molecule has 106 valence electrons. The second-order valence-electron chi connectivity index (χ2n) is 4.78. The summed E-state index contributed by atoms with van der Waals surface area (Å²) in [6.45, 7) is 3.40. The van der Waals surface area contributed by atoms with Crippen molar-refractivity contribution in [2.75, 3.05) is 5.75 Å². The Morgan fingerprint density at radius 3 is 2.32 bits per heavy atom. The van der Waals surface area contributed by atoms with Gasteiger partial charge in [0.25, 0.3) is 0 Å². The zero-order valence-electron chi connectivity index (χ0n) is 11.0. The Hall–Kier alpha value is -1.40. The standard InChI is InChI=1S/C13H19NO4S/c1-10(2)14-19(17,18)9-12(13(15)16)8-11-6-4-3-5-7-11/h3-7,10,12,14H,8-9H2,1-2H3,(H,15,16)/t12-/m1/s1. The number of carboxylic acids is 1. The van der Waals surface area contributed by atoms with Crippen LogP contribution in [-0.2, 0) is 21.2 Å². The van der Waals surface area contributed by atoms with Crippen LogP contribution in [0.25, 0.3) is 0 Å². The maximum atomic E-state index is 11.8. The van der Waals surface area contributed by atoms with Crippen LogP contribution in [0.2, 0.25) is 0 Å². The van der Waals surface area contributed by atoms with E-state index in [1.165, 1.54) is 0 Å². The highest BCUT2D eigenvalue weighted by Crippen LogP contribution is 2.11. The first-order valence-electron chi connectivity index (χ1n) is 6.07. The van der Waals surface area contributed by atoms with Gasteiger partial charge in [0.05, 0.1) is 11.7 Å². The lowest BCUT2D eigenvalue weighted by atomic mass is 10.0. The van der Waals surface area contributed by atoms with Gasteiger partial charge < -0.3 is 5.11 Å². The summed E-state index contributed by atoms with van der Waals surface area (Å²) < 4.78 is 25.9. The van der Waals surface area contributed by atoms with Gasteiger partial charge in [-0.25, -0.2) is 13.1 Å². The van der Waals surface area contributed by atoms with Crippen molar-refractivity contribution in [2.45, 2.75) is 26.3 Å². The fraction of sp³-hybridized carbons (Fsp3) is 0.462. The van der Waals surface area contributed by atoms with E-state index in [1.54, 1.807) is 38.1 Å². The summed E-state index contributed by atoms with van der Waals surface area (Å²) in [5.74, 6) is -2.45. The van der Waals surface area contributed by atoms with Gasteiger partial charge in [0.1, 0.15) is 0 Å². The van der Waals surface area contributed by atoms with Gasteiger partial charge in [-0.3, -0.25) is 4.79 Å². The maximum absolute atomic E-state index is 11.8. The number of rotatable bonds is 7. The minimum Gasteiger partial charge on any atom is -0.481 e. The van der Waals surface area contributed by atoms with Gasteiger partial charge >= 0.3 is 5.97 Å². The number of aliphatic carboxylic acids is 1. The van der Waals surface area contributed by atoms with E-state index in [2.05, 4.69) is 4.72 Å². The van der Waals surface area contributed by atoms with Crippen LogP contribution in [0.5, 0.6) is 0 Å². The van der Waals surface area contributed by atoms with Crippen molar-refractivity contribution < 1.29 is 18.3 Å². The van der Waals surface area contributed by atoms with Crippen LogP contribution in [0.1, 0.15) is 19.4 Å². The van der Waals surface area contributed by atoms with E-state index in [0.717, 1.165) is 5.56 Å². The average Bonchev–Trinajstić information content (AvgIpc) is 2.27. The summed E-state index contributed by atoms with van der Waals surface area (Å²) in [5.41, 5.74) is 0.814. The first-order chi connectivity index (χ1) is 8.80. The second-order valence-corrected chi connectivity index (χ2v) is 6.58. The summed E-state index contributed by atoms with van der Waals surface area (Å²) in [4.78, 5) is 11.2. The topological polar surface area (TPSA) is 83.5 Å². The van der Waals surface area contributed by atoms with Gasteiger partial charge in [0, 0.05) is 6.04 Å². The molecule has 6 heteroatoms. The van der Waals surface area contributed by atoms with Crippen LogP contribution in [0.15, 0.2) is 30.3 Å². The number of carboxylic acid groups (broad SMARTS) is 1. The predicted octanol–water partition coefficient (Wildman–Crippen LogP) is 1.26. The first kappa shape index (κ1) is 15.7. The molecule has 2 N–H and O–H groups in total. The maximum Gasteiger partial charge on any atom is 0.307 e.